The van der Waals surface area contributed by atoms with Gasteiger partial charge in [0.15, 0.2) is 0 Å². The van der Waals surface area contributed by atoms with Crippen LogP contribution in [0.4, 0.5) is 0 Å². The molecule has 0 radical (unpaired) electrons. The van der Waals surface area contributed by atoms with Gasteiger partial charge in [-0.3, -0.25) is 9.80 Å². The Kier molecular flexibility index (Phi) is 4.86. The molecule has 3 heteroatoms. The van der Waals surface area contributed by atoms with Crippen molar-refractivity contribution < 1.29 is 0 Å². The van der Waals surface area contributed by atoms with Gasteiger partial charge in [-0.15, -0.1) is 0 Å². The Morgan fingerprint density at radius 3 is 2.21 bits per heavy atom. The average molecular weight is 400 g/mol. The van der Waals surface area contributed by atoms with E-state index in [-0.39, 0.29) is 0 Å². The van der Waals surface area contributed by atoms with Gasteiger partial charge in [-0.2, -0.15) is 0 Å². The Morgan fingerprint density at radius 2 is 1.48 bits per heavy atom. The molecule has 0 aromatic rings. The summed E-state index contributed by atoms with van der Waals surface area (Å²) in [5.41, 5.74) is 0. The second-order valence-corrected chi connectivity index (χ2v) is 12.4. The van der Waals surface area contributed by atoms with Gasteiger partial charge < -0.3 is 4.90 Å². The van der Waals surface area contributed by atoms with Gasteiger partial charge in [0.2, 0.25) is 0 Å². The van der Waals surface area contributed by atoms with Crippen molar-refractivity contribution >= 4 is 0 Å². The molecule has 164 valence electrons. The molecule has 29 heavy (non-hydrogen) atoms. The fourth-order valence-electron chi connectivity index (χ4n) is 9.77. The summed E-state index contributed by atoms with van der Waals surface area (Å²) in [6.45, 7) is 10.3. The van der Waals surface area contributed by atoms with Gasteiger partial charge in [0.1, 0.15) is 0 Å². The molecule has 0 spiro atoms. The lowest BCUT2D eigenvalue weighted by Crippen LogP contribution is -2.49. The molecule has 0 amide bonds. The maximum atomic E-state index is 3.04. The number of nitrogens with zero attached hydrogens (tertiary/aromatic N) is 3. The Labute approximate surface area is 179 Å². The summed E-state index contributed by atoms with van der Waals surface area (Å²) in [5, 5.41) is 0. The second-order valence-electron chi connectivity index (χ2n) is 12.4. The molecule has 6 bridgehead atoms. The lowest BCUT2D eigenvalue weighted by atomic mass is 9.88. The number of fused-ring (bicyclic) bond motifs is 6. The van der Waals surface area contributed by atoms with Crippen LogP contribution < -0.4 is 0 Å². The molecule has 3 saturated carbocycles. The highest BCUT2D eigenvalue weighted by molar-refractivity contribution is 5.06. The standard InChI is InChI=1S/C26H45N3/c1-16-12-22-15-23(16)18(3)28(22)9-8-25-20-11-17(2)26(14-20)29(25)10-7-24-19-5-6-21(13-19)27(24)4/h16-26H,5-15H2,1-4H3/t16?,17?,18?,19-,20-,21+,22+,23+,24?,25?,26-/m0/s1. The smallest absolute Gasteiger partial charge is 0.0139 e. The van der Waals surface area contributed by atoms with Crippen molar-refractivity contribution in [3.8, 4) is 0 Å². The first kappa shape index (κ1) is 19.6. The molecule has 11 atom stereocenters. The Hall–Kier alpha value is -0.120. The minimum atomic E-state index is 0.845. The second kappa shape index (κ2) is 7.20. The molecule has 3 saturated heterocycles. The summed E-state index contributed by atoms with van der Waals surface area (Å²) < 4.78 is 0. The predicted molar refractivity (Wildman–Crippen MR) is 120 cm³/mol. The largest absolute Gasteiger partial charge is 0.300 e. The van der Waals surface area contributed by atoms with Crippen molar-refractivity contribution in [2.75, 3.05) is 20.1 Å². The Morgan fingerprint density at radius 1 is 0.690 bits per heavy atom. The third-order valence-corrected chi connectivity index (χ3v) is 11.3. The molecule has 0 aromatic carbocycles. The molecular weight excluding hydrogens is 354 g/mol. The molecule has 6 fully saturated rings. The molecule has 6 rings (SSSR count). The highest BCUT2D eigenvalue weighted by Gasteiger charge is 2.52. The highest BCUT2D eigenvalue weighted by atomic mass is 15.3. The summed E-state index contributed by atoms with van der Waals surface area (Å²) in [4.78, 5) is 8.74. The summed E-state index contributed by atoms with van der Waals surface area (Å²) >= 11 is 0. The molecule has 3 nitrogen and oxygen atoms in total. The van der Waals surface area contributed by atoms with E-state index in [1.807, 2.05) is 0 Å². The maximum Gasteiger partial charge on any atom is 0.0139 e. The van der Waals surface area contributed by atoms with Crippen molar-refractivity contribution in [2.45, 2.75) is 115 Å². The number of likely N-dealkylation sites (tertiary alicyclic amines) is 3. The number of hydrogen-bond acceptors (Lipinski definition) is 3. The van der Waals surface area contributed by atoms with E-state index in [0.29, 0.717) is 0 Å². The van der Waals surface area contributed by atoms with Crippen LogP contribution in [0.2, 0.25) is 0 Å². The normalized spacial score (nSPS) is 54.4. The van der Waals surface area contributed by atoms with Gasteiger partial charge in [-0.05, 0) is 101 Å². The van der Waals surface area contributed by atoms with Crippen molar-refractivity contribution in [3.63, 3.8) is 0 Å². The van der Waals surface area contributed by atoms with E-state index in [2.05, 4.69) is 42.5 Å². The van der Waals surface area contributed by atoms with Crippen LogP contribution >= 0.6 is 0 Å². The van der Waals surface area contributed by atoms with Gasteiger partial charge in [-0.25, -0.2) is 0 Å². The molecular formula is C26H45N3. The van der Waals surface area contributed by atoms with Crippen LogP contribution in [0.15, 0.2) is 0 Å². The van der Waals surface area contributed by atoms with Gasteiger partial charge in [0.25, 0.3) is 0 Å². The van der Waals surface area contributed by atoms with E-state index in [0.717, 1.165) is 65.8 Å². The number of piperidine rings is 3. The first-order valence-electron chi connectivity index (χ1n) is 13.2. The van der Waals surface area contributed by atoms with E-state index in [9.17, 15) is 0 Å². The maximum absolute atomic E-state index is 3.04. The van der Waals surface area contributed by atoms with Gasteiger partial charge in [-0.1, -0.05) is 13.8 Å². The molecule has 3 aliphatic carbocycles. The minimum absolute atomic E-state index is 0.845. The molecule has 6 aliphatic rings. The van der Waals surface area contributed by atoms with Gasteiger partial charge in [0, 0.05) is 49.3 Å². The van der Waals surface area contributed by atoms with Gasteiger partial charge in [0.05, 0.1) is 0 Å². The Balaban J connectivity index is 1.09. The van der Waals surface area contributed by atoms with Gasteiger partial charge >= 0.3 is 0 Å². The van der Waals surface area contributed by atoms with Crippen LogP contribution in [0.25, 0.3) is 0 Å². The molecule has 3 heterocycles. The van der Waals surface area contributed by atoms with Crippen LogP contribution in [-0.4, -0.2) is 71.1 Å². The molecule has 5 unspecified atom stereocenters. The fourth-order valence-corrected chi connectivity index (χ4v) is 9.77. The predicted octanol–water partition coefficient (Wildman–Crippen LogP) is 4.47. The molecule has 0 N–H and O–H groups in total. The zero-order valence-corrected chi connectivity index (χ0v) is 19.5. The Bertz CT molecular complexity index is 617. The van der Waals surface area contributed by atoms with E-state index in [4.69, 9.17) is 0 Å². The van der Waals surface area contributed by atoms with Crippen LogP contribution in [0.3, 0.4) is 0 Å². The molecule has 0 aromatic heterocycles. The summed E-state index contributed by atoms with van der Waals surface area (Å²) in [6, 6.07) is 5.37. The van der Waals surface area contributed by atoms with Crippen LogP contribution in [0.5, 0.6) is 0 Å². The van der Waals surface area contributed by atoms with Crippen LogP contribution in [0.1, 0.15) is 78.6 Å². The SMILES string of the molecule is CC1C[C@@H]2C[C@H]1C(C)N2CCC1[C@H]2CC(C)[C@H](C2)N1CCC1[C@H]2CC[C@H](C2)N1C. The number of rotatable bonds is 6. The topological polar surface area (TPSA) is 9.72 Å². The monoisotopic (exact) mass is 399 g/mol. The van der Waals surface area contributed by atoms with Crippen LogP contribution in [-0.2, 0) is 0 Å². The van der Waals surface area contributed by atoms with Crippen molar-refractivity contribution in [1.82, 2.24) is 14.7 Å². The lowest BCUT2D eigenvalue weighted by molar-refractivity contribution is 0.0573. The quantitative estimate of drug-likeness (QED) is 0.652. The van der Waals surface area contributed by atoms with Crippen LogP contribution in [0, 0.1) is 29.6 Å². The first-order chi connectivity index (χ1) is 14.0. The first-order valence-corrected chi connectivity index (χ1v) is 13.2. The fraction of sp³-hybridized carbons (Fsp3) is 1.00. The summed E-state index contributed by atoms with van der Waals surface area (Å²) in [7, 11) is 2.43. The third-order valence-electron chi connectivity index (χ3n) is 11.3. The summed E-state index contributed by atoms with van der Waals surface area (Å²) in [6.07, 6.45) is 13.4. The zero-order chi connectivity index (χ0) is 19.9. The average Bonchev–Trinajstić information content (AvgIpc) is 3.49. The van der Waals surface area contributed by atoms with E-state index in [1.54, 1.807) is 0 Å². The van der Waals surface area contributed by atoms with E-state index < -0.39 is 0 Å². The summed E-state index contributed by atoms with van der Waals surface area (Å²) in [5.74, 6) is 4.93. The molecule has 3 aliphatic heterocycles. The van der Waals surface area contributed by atoms with Crippen molar-refractivity contribution in [2.24, 2.45) is 29.6 Å². The van der Waals surface area contributed by atoms with E-state index in [1.165, 1.54) is 70.9 Å². The minimum Gasteiger partial charge on any atom is -0.300 e. The zero-order valence-electron chi connectivity index (χ0n) is 19.5. The highest BCUT2D eigenvalue weighted by Crippen LogP contribution is 2.50. The van der Waals surface area contributed by atoms with Crippen molar-refractivity contribution in [3.05, 3.63) is 0 Å². The number of hydrogen-bond donors (Lipinski definition) is 0. The van der Waals surface area contributed by atoms with E-state index >= 15 is 0 Å². The lowest BCUT2D eigenvalue weighted by Gasteiger charge is -2.42. The van der Waals surface area contributed by atoms with Crippen molar-refractivity contribution in [1.29, 1.82) is 0 Å². The third kappa shape index (κ3) is 3.00.